The van der Waals surface area contributed by atoms with Crippen LogP contribution >= 0.6 is 31.9 Å². The van der Waals surface area contributed by atoms with E-state index in [-0.39, 0.29) is 10.9 Å². The molecule has 0 amide bonds. The molecule has 1 N–H and O–H groups in total. The fourth-order valence-corrected chi connectivity index (χ4v) is 5.53. The van der Waals surface area contributed by atoms with Crippen molar-refractivity contribution in [1.29, 1.82) is 0 Å². The number of nitrogens with one attached hydrogen (secondary N) is 1. The van der Waals surface area contributed by atoms with Crippen molar-refractivity contribution in [3.8, 4) is 0 Å². The number of alkyl halides is 1. The van der Waals surface area contributed by atoms with Crippen molar-refractivity contribution in [1.82, 2.24) is 4.72 Å². The number of benzene rings is 1. The van der Waals surface area contributed by atoms with E-state index in [1.807, 2.05) is 6.07 Å². The van der Waals surface area contributed by atoms with Crippen molar-refractivity contribution in [3.63, 3.8) is 0 Å². The van der Waals surface area contributed by atoms with Crippen molar-refractivity contribution in [2.75, 3.05) is 0 Å². The van der Waals surface area contributed by atoms with Crippen LogP contribution in [0.2, 0.25) is 0 Å². The van der Waals surface area contributed by atoms with E-state index in [4.69, 9.17) is 0 Å². The topological polar surface area (TPSA) is 46.2 Å². The first-order valence-electron chi connectivity index (χ1n) is 6.41. The van der Waals surface area contributed by atoms with E-state index in [2.05, 4.69) is 36.6 Å². The molecule has 0 bridgehead atoms. The van der Waals surface area contributed by atoms with Crippen LogP contribution in [0.4, 0.5) is 0 Å². The average molecular weight is 411 g/mol. The molecule has 6 heteroatoms. The molecule has 0 aliphatic heterocycles. The van der Waals surface area contributed by atoms with Gasteiger partial charge in [-0.15, -0.1) is 0 Å². The summed E-state index contributed by atoms with van der Waals surface area (Å²) in [6.07, 6.45) is 5.31. The van der Waals surface area contributed by atoms with Crippen LogP contribution < -0.4 is 4.72 Å². The Morgan fingerprint density at radius 1 is 1.11 bits per heavy atom. The maximum atomic E-state index is 12.4. The first-order chi connectivity index (χ1) is 9.00. The molecule has 0 spiro atoms. The molecule has 1 aliphatic rings. The fourth-order valence-electron chi connectivity index (χ4n) is 2.32. The molecule has 1 aliphatic carbocycles. The Morgan fingerprint density at radius 2 is 1.79 bits per heavy atom. The van der Waals surface area contributed by atoms with Crippen molar-refractivity contribution in [3.05, 3.63) is 28.7 Å². The minimum atomic E-state index is -3.47. The molecule has 0 aromatic heterocycles. The fraction of sp³-hybridized carbons (Fsp3) is 0.538. The first kappa shape index (κ1) is 15.5. The maximum Gasteiger partial charge on any atom is 0.241 e. The van der Waals surface area contributed by atoms with Crippen LogP contribution in [0.1, 0.15) is 32.1 Å². The summed E-state index contributed by atoms with van der Waals surface area (Å²) in [7, 11) is -3.47. The lowest BCUT2D eigenvalue weighted by atomic mass is 10.1. The molecular weight excluding hydrogens is 394 g/mol. The largest absolute Gasteiger partial charge is 0.241 e. The molecule has 19 heavy (non-hydrogen) atoms. The third-order valence-electron chi connectivity index (χ3n) is 3.36. The first-order valence-corrected chi connectivity index (χ1v) is 9.61. The molecule has 1 saturated carbocycles. The zero-order chi connectivity index (χ0) is 13.9. The highest BCUT2D eigenvalue weighted by atomic mass is 79.9. The average Bonchev–Trinajstić information content (AvgIpc) is 2.55. The van der Waals surface area contributed by atoms with Gasteiger partial charge >= 0.3 is 0 Å². The second-order valence-electron chi connectivity index (χ2n) is 4.81. The van der Waals surface area contributed by atoms with Crippen molar-refractivity contribution >= 4 is 41.9 Å². The number of hydrogen-bond donors (Lipinski definition) is 1. The monoisotopic (exact) mass is 409 g/mol. The second-order valence-corrected chi connectivity index (χ2v) is 8.53. The summed E-state index contributed by atoms with van der Waals surface area (Å²) >= 11 is 6.91. The lowest BCUT2D eigenvalue weighted by Gasteiger charge is -2.21. The molecule has 106 valence electrons. The van der Waals surface area contributed by atoms with Gasteiger partial charge in [0.25, 0.3) is 0 Å². The van der Waals surface area contributed by atoms with Gasteiger partial charge < -0.3 is 0 Å². The lowest BCUT2D eigenvalue weighted by molar-refractivity contribution is 0.520. The smallest absolute Gasteiger partial charge is 0.207 e. The number of sulfonamides is 1. The van der Waals surface area contributed by atoms with E-state index < -0.39 is 10.0 Å². The van der Waals surface area contributed by atoms with E-state index in [9.17, 15) is 8.42 Å². The minimum Gasteiger partial charge on any atom is -0.207 e. The summed E-state index contributed by atoms with van der Waals surface area (Å²) in [4.78, 5) is 0.520. The van der Waals surface area contributed by atoms with Crippen molar-refractivity contribution in [2.24, 2.45) is 0 Å². The Labute approximate surface area is 131 Å². The molecule has 1 aromatic rings. The molecular formula is C13H17Br2NO2S. The number of rotatable bonds is 3. The van der Waals surface area contributed by atoms with E-state index >= 15 is 0 Å². The third-order valence-corrected chi connectivity index (χ3v) is 6.96. The molecule has 1 fully saturated rings. The Kier molecular flexibility index (Phi) is 5.45. The molecule has 0 saturated heterocycles. The third kappa shape index (κ3) is 4.03. The lowest BCUT2D eigenvalue weighted by Crippen LogP contribution is -2.40. The van der Waals surface area contributed by atoms with Gasteiger partial charge in [0.15, 0.2) is 0 Å². The number of halogens is 2. The van der Waals surface area contributed by atoms with Gasteiger partial charge in [0.1, 0.15) is 0 Å². The van der Waals surface area contributed by atoms with Gasteiger partial charge in [0, 0.05) is 15.3 Å². The SMILES string of the molecule is O=S(=O)(NC1CCCCCC1Br)c1ccccc1Br. The molecule has 2 rings (SSSR count). The van der Waals surface area contributed by atoms with Gasteiger partial charge in [-0.25, -0.2) is 13.1 Å². The van der Waals surface area contributed by atoms with Crippen molar-refractivity contribution < 1.29 is 8.42 Å². The standard InChI is InChI=1S/C13H17Br2NO2S/c14-10-6-2-1-3-8-12(10)16-19(17,18)13-9-5-4-7-11(13)15/h4-5,7,9-10,12,16H,1-3,6,8H2. The van der Waals surface area contributed by atoms with Gasteiger partial charge in [0.2, 0.25) is 10.0 Å². The predicted octanol–water partition coefficient (Wildman–Crippen LogP) is 3.82. The molecule has 1 aromatic carbocycles. The van der Waals surface area contributed by atoms with Crippen LogP contribution in [0.5, 0.6) is 0 Å². The Bertz CT molecular complexity index is 533. The minimum absolute atomic E-state index is 0.0281. The van der Waals surface area contributed by atoms with Gasteiger partial charge in [-0.05, 0) is 40.9 Å². The van der Waals surface area contributed by atoms with E-state index in [1.165, 1.54) is 6.42 Å². The quantitative estimate of drug-likeness (QED) is 0.608. The van der Waals surface area contributed by atoms with Crippen LogP contribution in [-0.4, -0.2) is 19.3 Å². The van der Waals surface area contributed by atoms with Crippen LogP contribution in [-0.2, 0) is 10.0 Å². The van der Waals surface area contributed by atoms with E-state index in [1.54, 1.807) is 18.2 Å². The van der Waals surface area contributed by atoms with E-state index in [0.717, 1.165) is 25.7 Å². The Balaban J connectivity index is 2.19. The highest BCUT2D eigenvalue weighted by Gasteiger charge is 2.27. The zero-order valence-corrected chi connectivity index (χ0v) is 14.5. The summed E-state index contributed by atoms with van der Waals surface area (Å²) in [6, 6.07) is 6.87. The molecule has 2 atom stereocenters. The number of hydrogen-bond acceptors (Lipinski definition) is 2. The van der Waals surface area contributed by atoms with Crippen molar-refractivity contribution in [2.45, 2.75) is 47.9 Å². The van der Waals surface area contributed by atoms with Gasteiger partial charge in [-0.1, -0.05) is 47.3 Å². The Morgan fingerprint density at radius 3 is 2.53 bits per heavy atom. The van der Waals surface area contributed by atoms with Crippen LogP contribution in [0, 0.1) is 0 Å². The highest BCUT2D eigenvalue weighted by Crippen LogP contribution is 2.27. The summed E-state index contributed by atoms with van der Waals surface area (Å²) in [6.45, 7) is 0. The Hall–Kier alpha value is 0.0900. The zero-order valence-electron chi connectivity index (χ0n) is 10.5. The molecule has 2 unspecified atom stereocenters. The van der Waals surface area contributed by atoms with Crippen LogP contribution in [0.3, 0.4) is 0 Å². The second kappa shape index (κ2) is 6.70. The predicted molar refractivity (Wildman–Crippen MR) is 84.1 cm³/mol. The van der Waals surface area contributed by atoms with Gasteiger partial charge in [-0.2, -0.15) is 0 Å². The normalized spacial score (nSPS) is 24.9. The maximum absolute atomic E-state index is 12.4. The van der Waals surface area contributed by atoms with Crippen LogP contribution in [0.15, 0.2) is 33.6 Å². The summed E-state index contributed by atoms with van der Waals surface area (Å²) < 4.78 is 28.3. The summed E-state index contributed by atoms with van der Waals surface area (Å²) in [5, 5.41) is 0. The summed E-state index contributed by atoms with van der Waals surface area (Å²) in [5.74, 6) is 0. The van der Waals surface area contributed by atoms with Crippen LogP contribution in [0.25, 0.3) is 0 Å². The molecule has 0 radical (unpaired) electrons. The van der Waals surface area contributed by atoms with E-state index in [0.29, 0.717) is 9.37 Å². The molecule has 0 heterocycles. The highest BCUT2D eigenvalue weighted by molar-refractivity contribution is 9.10. The molecule has 3 nitrogen and oxygen atoms in total. The van der Waals surface area contributed by atoms with Gasteiger partial charge in [0.05, 0.1) is 4.90 Å². The van der Waals surface area contributed by atoms with Gasteiger partial charge in [-0.3, -0.25) is 0 Å². The summed E-state index contributed by atoms with van der Waals surface area (Å²) in [5.41, 5.74) is 0.